The first kappa shape index (κ1) is 19.2. The second kappa shape index (κ2) is 7.19. The summed E-state index contributed by atoms with van der Waals surface area (Å²) in [4.78, 5) is 23.5. The highest BCUT2D eigenvalue weighted by Gasteiger charge is 2.45. The van der Waals surface area contributed by atoms with E-state index in [1.807, 2.05) is 20.8 Å². The molecule has 2 heterocycles. The number of halogens is 1. The standard InChI is InChI=1S/C18H27ClN4O3/c1-12-11-25-9-8-23(12)15-20-13(10-14(19)21-15)18(6-5-7-18)26-16(24)22-17(2,3)4/h10,12H,5-9,11H2,1-4H3,(H,22,24)/t12-/m0/s1. The van der Waals surface area contributed by atoms with Crippen molar-refractivity contribution in [1.29, 1.82) is 0 Å². The normalized spacial score (nSPS) is 22.5. The van der Waals surface area contributed by atoms with Gasteiger partial charge in [0.2, 0.25) is 5.95 Å². The van der Waals surface area contributed by atoms with Gasteiger partial charge in [-0.05, 0) is 47.0 Å². The number of morpholine rings is 1. The monoisotopic (exact) mass is 382 g/mol. The molecule has 1 saturated heterocycles. The minimum Gasteiger partial charge on any atom is -0.436 e. The molecule has 0 radical (unpaired) electrons. The van der Waals surface area contributed by atoms with Crippen molar-refractivity contribution in [2.45, 2.75) is 64.1 Å². The van der Waals surface area contributed by atoms with Crippen LogP contribution in [-0.2, 0) is 15.1 Å². The molecular formula is C18H27ClN4O3. The molecule has 1 N–H and O–H groups in total. The zero-order valence-corrected chi connectivity index (χ0v) is 16.6. The van der Waals surface area contributed by atoms with Gasteiger partial charge in [0.1, 0.15) is 5.15 Å². The van der Waals surface area contributed by atoms with Crippen molar-refractivity contribution in [3.63, 3.8) is 0 Å². The number of amides is 1. The number of carbonyl (C=O) groups is 1. The van der Waals surface area contributed by atoms with E-state index in [0.29, 0.717) is 36.6 Å². The molecule has 144 valence electrons. The van der Waals surface area contributed by atoms with Crippen LogP contribution in [0, 0.1) is 0 Å². The quantitative estimate of drug-likeness (QED) is 0.808. The van der Waals surface area contributed by atoms with E-state index in [-0.39, 0.29) is 11.6 Å². The molecular weight excluding hydrogens is 356 g/mol. The molecule has 1 saturated carbocycles. The summed E-state index contributed by atoms with van der Waals surface area (Å²) >= 11 is 6.28. The third-order valence-corrected chi connectivity index (χ3v) is 4.89. The van der Waals surface area contributed by atoms with Crippen LogP contribution in [-0.4, -0.2) is 47.4 Å². The number of carbonyl (C=O) groups excluding carboxylic acids is 1. The molecule has 26 heavy (non-hydrogen) atoms. The van der Waals surface area contributed by atoms with E-state index in [4.69, 9.17) is 26.1 Å². The summed E-state index contributed by atoms with van der Waals surface area (Å²) in [5.74, 6) is 0.564. The van der Waals surface area contributed by atoms with E-state index in [1.54, 1.807) is 6.07 Å². The van der Waals surface area contributed by atoms with Crippen molar-refractivity contribution in [2.75, 3.05) is 24.7 Å². The van der Waals surface area contributed by atoms with E-state index >= 15 is 0 Å². The van der Waals surface area contributed by atoms with Gasteiger partial charge in [0.25, 0.3) is 0 Å². The van der Waals surface area contributed by atoms with Gasteiger partial charge >= 0.3 is 6.09 Å². The Kier molecular flexibility index (Phi) is 5.30. The Bertz CT molecular complexity index is 673. The molecule has 2 aliphatic rings. The first-order valence-electron chi connectivity index (χ1n) is 9.09. The zero-order chi connectivity index (χ0) is 18.9. The first-order chi connectivity index (χ1) is 12.2. The fourth-order valence-electron chi connectivity index (χ4n) is 3.21. The highest BCUT2D eigenvalue weighted by Crippen LogP contribution is 2.45. The van der Waals surface area contributed by atoms with Gasteiger partial charge < -0.3 is 19.7 Å². The second-order valence-corrected chi connectivity index (χ2v) is 8.49. The Hall–Kier alpha value is -1.60. The Labute approximate surface area is 159 Å². The molecule has 8 heteroatoms. The van der Waals surface area contributed by atoms with Crippen molar-refractivity contribution >= 4 is 23.6 Å². The summed E-state index contributed by atoms with van der Waals surface area (Å²) in [5.41, 5.74) is -0.423. The average molecular weight is 383 g/mol. The van der Waals surface area contributed by atoms with Crippen molar-refractivity contribution in [1.82, 2.24) is 15.3 Å². The third kappa shape index (κ3) is 4.20. The number of rotatable bonds is 3. The molecule has 1 aromatic rings. The number of hydrogen-bond donors (Lipinski definition) is 1. The molecule has 1 aromatic heterocycles. The van der Waals surface area contributed by atoms with E-state index in [0.717, 1.165) is 19.3 Å². The Morgan fingerprint density at radius 3 is 2.73 bits per heavy atom. The molecule has 2 fully saturated rings. The van der Waals surface area contributed by atoms with Crippen molar-refractivity contribution in [3.05, 3.63) is 16.9 Å². The second-order valence-electron chi connectivity index (χ2n) is 8.11. The van der Waals surface area contributed by atoms with Crippen LogP contribution in [0.25, 0.3) is 0 Å². The summed E-state index contributed by atoms with van der Waals surface area (Å²) in [6, 6.07) is 1.87. The molecule has 0 bridgehead atoms. The predicted octanol–water partition coefficient (Wildman–Crippen LogP) is 3.26. The van der Waals surface area contributed by atoms with Crippen molar-refractivity contribution in [3.8, 4) is 0 Å². The molecule has 1 atom stereocenters. The fraction of sp³-hybridized carbons (Fsp3) is 0.722. The molecule has 0 spiro atoms. The fourth-order valence-corrected chi connectivity index (χ4v) is 3.39. The minimum atomic E-state index is -0.730. The van der Waals surface area contributed by atoms with E-state index in [9.17, 15) is 4.79 Å². The number of anilines is 1. The summed E-state index contributed by atoms with van der Waals surface area (Å²) in [5, 5.41) is 3.20. The highest BCUT2D eigenvalue weighted by molar-refractivity contribution is 6.29. The van der Waals surface area contributed by atoms with Crippen LogP contribution in [0.2, 0.25) is 5.15 Å². The SMILES string of the molecule is C[C@H]1COCCN1c1nc(Cl)cc(C2(OC(=O)NC(C)(C)C)CCC2)n1. The van der Waals surface area contributed by atoms with Gasteiger partial charge in [0.05, 0.1) is 24.9 Å². The van der Waals surface area contributed by atoms with Gasteiger partial charge in [-0.1, -0.05) is 11.6 Å². The van der Waals surface area contributed by atoms with Crippen LogP contribution < -0.4 is 10.2 Å². The summed E-state index contributed by atoms with van der Waals surface area (Å²) in [7, 11) is 0. The molecule has 1 amide bonds. The number of nitrogens with one attached hydrogen (secondary N) is 1. The number of nitrogens with zero attached hydrogens (tertiary/aromatic N) is 3. The summed E-state index contributed by atoms with van der Waals surface area (Å²) in [6.07, 6.45) is 2.01. The van der Waals surface area contributed by atoms with Gasteiger partial charge in [-0.15, -0.1) is 0 Å². The molecule has 1 aliphatic carbocycles. The van der Waals surface area contributed by atoms with Crippen LogP contribution in [0.5, 0.6) is 0 Å². The maximum atomic E-state index is 12.3. The lowest BCUT2D eigenvalue weighted by molar-refractivity contribution is -0.0582. The van der Waals surface area contributed by atoms with Gasteiger partial charge in [0, 0.05) is 18.2 Å². The predicted molar refractivity (Wildman–Crippen MR) is 99.6 cm³/mol. The van der Waals surface area contributed by atoms with Crippen LogP contribution in [0.1, 0.15) is 52.7 Å². The number of aromatic nitrogens is 2. The average Bonchev–Trinajstić information content (AvgIpc) is 2.49. The summed E-state index contributed by atoms with van der Waals surface area (Å²) in [6.45, 7) is 9.78. The topological polar surface area (TPSA) is 76.6 Å². The maximum Gasteiger partial charge on any atom is 0.408 e. The maximum absolute atomic E-state index is 12.3. The van der Waals surface area contributed by atoms with E-state index in [2.05, 4.69) is 22.1 Å². The Morgan fingerprint density at radius 2 is 2.15 bits per heavy atom. The lowest BCUT2D eigenvalue weighted by Gasteiger charge is -2.41. The Morgan fingerprint density at radius 1 is 1.42 bits per heavy atom. The van der Waals surface area contributed by atoms with Crippen LogP contribution >= 0.6 is 11.6 Å². The zero-order valence-electron chi connectivity index (χ0n) is 15.8. The van der Waals surface area contributed by atoms with E-state index in [1.165, 1.54) is 0 Å². The lowest BCUT2D eigenvalue weighted by atomic mass is 9.77. The highest BCUT2D eigenvalue weighted by atomic mass is 35.5. The van der Waals surface area contributed by atoms with Crippen LogP contribution in [0.15, 0.2) is 6.07 Å². The van der Waals surface area contributed by atoms with Gasteiger partial charge in [-0.25, -0.2) is 14.8 Å². The van der Waals surface area contributed by atoms with Gasteiger partial charge in [0.15, 0.2) is 5.60 Å². The number of hydrogen-bond acceptors (Lipinski definition) is 6. The Balaban J connectivity index is 1.85. The minimum absolute atomic E-state index is 0.164. The molecule has 7 nitrogen and oxygen atoms in total. The third-order valence-electron chi connectivity index (χ3n) is 4.70. The molecule has 0 aromatic carbocycles. The first-order valence-corrected chi connectivity index (χ1v) is 9.47. The van der Waals surface area contributed by atoms with Crippen molar-refractivity contribution in [2.24, 2.45) is 0 Å². The van der Waals surface area contributed by atoms with Crippen LogP contribution in [0.3, 0.4) is 0 Å². The smallest absolute Gasteiger partial charge is 0.408 e. The lowest BCUT2D eigenvalue weighted by Crippen LogP contribution is -2.48. The molecule has 3 rings (SSSR count). The van der Waals surface area contributed by atoms with Gasteiger partial charge in [-0.3, -0.25) is 0 Å². The van der Waals surface area contributed by atoms with Crippen LogP contribution in [0.4, 0.5) is 10.7 Å². The number of alkyl carbamates (subject to hydrolysis) is 1. The van der Waals surface area contributed by atoms with E-state index < -0.39 is 11.7 Å². The van der Waals surface area contributed by atoms with Crippen molar-refractivity contribution < 1.29 is 14.3 Å². The summed E-state index contributed by atoms with van der Waals surface area (Å²) < 4.78 is 11.3. The molecule has 1 aliphatic heterocycles. The number of ether oxygens (including phenoxy) is 2. The largest absolute Gasteiger partial charge is 0.436 e. The van der Waals surface area contributed by atoms with Gasteiger partial charge in [-0.2, -0.15) is 0 Å². The molecule has 0 unspecified atom stereocenters.